The number of rotatable bonds is 3. The lowest BCUT2D eigenvalue weighted by Crippen LogP contribution is -2.27. The highest BCUT2D eigenvalue weighted by Gasteiger charge is 2.13. The maximum atomic E-state index is 12.1. The Balaban J connectivity index is 2.37. The average molecular weight is 310 g/mol. The van der Waals surface area contributed by atoms with Gasteiger partial charge in [-0.05, 0) is 18.6 Å². The van der Waals surface area contributed by atoms with E-state index in [1.807, 2.05) is 4.98 Å². The lowest BCUT2D eigenvalue weighted by atomic mass is 10.2. The van der Waals surface area contributed by atoms with Crippen molar-refractivity contribution in [2.45, 2.75) is 6.92 Å². The van der Waals surface area contributed by atoms with Crippen LogP contribution in [0.5, 0.6) is 5.75 Å². The van der Waals surface area contributed by atoms with Crippen molar-refractivity contribution in [1.29, 1.82) is 0 Å². The van der Waals surface area contributed by atoms with Crippen LogP contribution in [0.25, 0.3) is 0 Å². The number of anilines is 1. The Hall–Kier alpha value is -2.54. The third kappa shape index (κ3) is 3.32. The molecule has 1 amide bonds. The number of benzene rings is 1. The van der Waals surface area contributed by atoms with Crippen LogP contribution in [0.4, 0.5) is 5.69 Å². The SMILES string of the molecule is COc1cc(Cl)c(C)cc1NC(=O)c1cc(=O)[nH]c(=O)[nH]1. The molecule has 1 aromatic carbocycles. The summed E-state index contributed by atoms with van der Waals surface area (Å²) in [6.07, 6.45) is 0. The molecule has 3 N–H and O–H groups in total. The number of aryl methyl sites for hydroxylation is 1. The number of carbonyl (C=O) groups excluding carboxylic acids is 1. The number of H-pyrrole nitrogens is 2. The summed E-state index contributed by atoms with van der Waals surface area (Å²) in [4.78, 5) is 38.6. The molecule has 0 aliphatic rings. The van der Waals surface area contributed by atoms with Gasteiger partial charge in [-0.2, -0.15) is 0 Å². The molecule has 0 aliphatic heterocycles. The molecule has 0 saturated carbocycles. The van der Waals surface area contributed by atoms with E-state index in [1.165, 1.54) is 7.11 Å². The zero-order valence-corrected chi connectivity index (χ0v) is 12.0. The maximum Gasteiger partial charge on any atom is 0.326 e. The summed E-state index contributed by atoms with van der Waals surface area (Å²) in [5.41, 5.74) is -0.453. The molecular weight excluding hydrogens is 298 g/mol. The smallest absolute Gasteiger partial charge is 0.326 e. The number of amides is 1. The molecule has 0 aliphatic carbocycles. The van der Waals surface area contributed by atoms with Crippen LogP contribution in [0.2, 0.25) is 5.02 Å². The quantitative estimate of drug-likeness (QED) is 0.794. The zero-order chi connectivity index (χ0) is 15.6. The first-order chi connectivity index (χ1) is 9.90. The van der Waals surface area contributed by atoms with Gasteiger partial charge in [-0.3, -0.25) is 14.6 Å². The molecule has 0 fully saturated rings. The maximum absolute atomic E-state index is 12.1. The first-order valence-corrected chi connectivity index (χ1v) is 6.27. The van der Waals surface area contributed by atoms with Crippen molar-refractivity contribution < 1.29 is 9.53 Å². The Morgan fingerprint density at radius 1 is 1.24 bits per heavy atom. The normalized spacial score (nSPS) is 10.2. The minimum atomic E-state index is -0.757. The molecule has 1 heterocycles. The molecule has 110 valence electrons. The number of halogens is 1. The number of carbonyl (C=O) groups is 1. The van der Waals surface area contributed by atoms with Gasteiger partial charge >= 0.3 is 5.69 Å². The van der Waals surface area contributed by atoms with Crippen molar-refractivity contribution in [3.63, 3.8) is 0 Å². The number of nitrogens with one attached hydrogen (secondary N) is 3. The Morgan fingerprint density at radius 3 is 2.57 bits per heavy atom. The van der Waals surface area contributed by atoms with Crippen molar-refractivity contribution in [3.8, 4) is 5.75 Å². The van der Waals surface area contributed by atoms with Crippen LogP contribution < -0.4 is 21.3 Å². The molecule has 0 saturated heterocycles. The van der Waals surface area contributed by atoms with E-state index < -0.39 is 17.2 Å². The number of ether oxygens (including phenoxy) is 1. The van der Waals surface area contributed by atoms with Gasteiger partial charge < -0.3 is 15.0 Å². The van der Waals surface area contributed by atoms with E-state index in [1.54, 1.807) is 19.1 Å². The fourth-order valence-electron chi connectivity index (χ4n) is 1.71. The highest BCUT2D eigenvalue weighted by molar-refractivity contribution is 6.31. The lowest BCUT2D eigenvalue weighted by molar-refractivity contribution is 0.102. The lowest BCUT2D eigenvalue weighted by Gasteiger charge is -2.12. The summed E-state index contributed by atoms with van der Waals surface area (Å²) in [6.45, 7) is 1.77. The van der Waals surface area contributed by atoms with Crippen molar-refractivity contribution in [2.24, 2.45) is 0 Å². The number of aromatic amines is 2. The van der Waals surface area contributed by atoms with E-state index in [2.05, 4.69) is 10.3 Å². The highest BCUT2D eigenvalue weighted by Crippen LogP contribution is 2.31. The molecule has 0 radical (unpaired) electrons. The summed E-state index contributed by atoms with van der Waals surface area (Å²) in [5.74, 6) is -0.274. The molecule has 0 atom stereocenters. The zero-order valence-electron chi connectivity index (χ0n) is 11.2. The molecule has 0 spiro atoms. The summed E-state index contributed by atoms with van der Waals surface area (Å²) < 4.78 is 5.13. The van der Waals surface area contributed by atoms with Crippen molar-refractivity contribution in [2.75, 3.05) is 12.4 Å². The van der Waals surface area contributed by atoms with Crippen LogP contribution in [0.1, 0.15) is 16.1 Å². The fraction of sp³-hybridized carbons (Fsp3) is 0.154. The van der Waals surface area contributed by atoms with Gasteiger partial charge in [0.2, 0.25) is 0 Å². The number of aromatic nitrogens is 2. The van der Waals surface area contributed by atoms with Gasteiger partial charge in [-0.15, -0.1) is 0 Å². The van der Waals surface area contributed by atoms with Crippen LogP contribution in [0.15, 0.2) is 27.8 Å². The average Bonchev–Trinajstić information content (AvgIpc) is 2.41. The fourth-order valence-corrected chi connectivity index (χ4v) is 1.86. The molecule has 0 bridgehead atoms. The predicted octanol–water partition coefficient (Wildman–Crippen LogP) is 1.29. The van der Waals surface area contributed by atoms with Crippen LogP contribution >= 0.6 is 11.6 Å². The molecule has 2 aromatic rings. The third-order valence-corrected chi connectivity index (χ3v) is 3.14. The number of hydrogen-bond acceptors (Lipinski definition) is 4. The molecule has 1 aromatic heterocycles. The first-order valence-electron chi connectivity index (χ1n) is 5.90. The van der Waals surface area contributed by atoms with Crippen LogP contribution in [0.3, 0.4) is 0 Å². The summed E-state index contributed by atoms with van der Waals surface area (Å²) in [6, 6.07) is 4.18. The summed E-state index contributed by atoms with van der Waals surface area (Å²) in [7, 11) is 1.44. The molecular formula is C13H12ClN3O4. The van der Waals surface area contributed by atoms with Crippen LogP contribution in [0, 0.1) is 6.92 Å². The van der Waals surface area contributed by atoms with E-state index in [0.29, 0.717) is 16.5 Å². The summed E-state index contributed by atoms with van der Waals surface area (Å²) in [5, 5.41) is 3.05. The molecule has 21 heavy (non-hydrogen) atoms. The third-order valence-electron chi connectivity index (χ3n) is 2.73. The van der Waals surface area contributed by atoms with E-state index >= 15 is 0 Å². The topological polar surface area (TPSA) is 104 Å². The van der Waals surface area contributed by atoms with E-state index in [0.717, 1.165) is 11.6 Å². The van der Waals surface area contributed by atoms with Gasteiger partial charge in [0.1, 0.15) is 11.4 Å². The van der Waals surface area contributed by atoms with E-state index in [4.69, 9.17) is 16.3 Å². The predicted molar refractivity (Wildman–Crippen MR) is 78.4 cm³/mol. The minimum absolute atomic E-state index is 0.154. The van der Waals surface area contributed by atoms with Crippen LogP contribution in [-0.2, 0) is 0 Å². The standard InChI is InChI=1S/C13H12ClN3O4/c1-6-3-8(10(21-2)4-7(6)14)15-12(19)9-5-11(18)17-13(20)16-9/h3-5H,1-2H3,(H,15,19)(H2,16,17,18,20). The number of methoxy groups -OCH3 is 1. The minimum Gasteiger partial charge on any atom is -0.495 e. The largest absolute Gasteiger partial charge is 0.495 e. The molecule has 7 nitrogen and oxygen atoms in total. The van der Waals surface area contributed by atoms with Gasteiger partial charge in [0, 0.05) is 17.2 Å². The molecule has 2 rings (SSSR count). The second-order valence-corrected chi connectivity index (χ2v) is 4.66. The van der Waals surface area contributed by atoms with Gasteiger partial charge in [-0.1, -0.05) is 11.6 Å². The Kier molecular flexibility index (Phi) is 4.13. The van der Waals surface area contributed by atoms with Gasteiger partial charge in [0.05, 0.1) is 12.8 Å². The van der Waals surface area contributed by atoms with Crippen molar-refractivity contribution >= 4 is 23.2 Å². The van der Waals surface area contributed by atoms with Gasteiger partial charge in [0.15, 0.2) is 0 Å². The molecule has 8 heteroatoms. The number of hydrogen-bond donors (Lipinski definition) is 3. The van der Waals surface area contributed by atoms with Crippen molar-refractivity contribution in [1.82, 2.24) is 9.97 Å². The second-order valence-electron chi connectivity index (χ2n) is 4.26. The summed E-state index contributed by atoms with van der Waals surface area (Å²) >= 11 is 5.97. The van der Waals surface area contributed by atoms with Crippen LogP contribution in [-0.4, -0.2) is 23.0 Å². The second kappa shape index (κ2) is 5.84. The van der Waals surface area contributed by atoms with Gasteiger partial charge in [0.25, 0.3) is 11.5 Å². The Labute approximate surface area is 123 Å². The van der Waals surface area contributed by atoms with E-state index in [9.17, 15) is 14.4 Å². The van der Waals surface area contributed by atoms with Crippen molar-refractivity contribution in [3.05, 3.63) is 55.3 Å². The Morgan fingerprint density at radius 2 is 1.95 bits per heavy atom. The van der Waals surface area contributed by atoms with Gasteiger partial charge in [-0.25, -0.2) is 4.79 Å². The monoisotopic (exact) mass is 309 g/mol. The molecule has 0 unspecified atom stereocenters. The first kappa shape index (κ1) is 14.9. The highest BCUT2D eigenvalue weighted by atomic mass is 35.5. The van der Waals surface area contributed by atoms with E-state index in [-0.39, 0.29) is 5.69 Å². The Bertz CT molecular complexity index is 782.